The molecule has 0 aliphatic carbocycles. The topological polar surface area (TPSA) is 152 Å². The van der Waals surface area contributed by atoms with Crippen LogP contribution in [0.1, 0.15) is 129 Å². The summed E-state index contributed by atoms with van der Waals surface area (Å²) in [6.07, 6.45) is 49.3. The number of aliphatic hydroxyl groups is 4. The largest absolute Gasteiger partial charge is 0.462 e. The highest BCUT2D eigenvalue weighted by Crippen LogP contribution is 2.22. The summed E-state index contributed by atoms with van der Waals surface area (Å²) in [6.45, 7) is 3.10. The molecular formula is C51H78O10. The first-order valence-corrected chi connectivity index (χ1v) is 22.6. The van der Waals surface area contributed by atoms with Crippen molar-refractivity contribution in [3.8, 4) is 0 Å². The van der Waals surface area contributed by atoms with E-state index >= 15 is 0 Å². The molecule has 0 aromatic carbocycles. The first kappa shape index (κ1) is 55.1. The lowest BCUT2D eigenvalue weighted by molar-refractivity contribution is -0.305. The predicted molar refractivity (Wildman–Crippen MR) is 246 cm³/mol. The van der Waals surface area contributed by atoms with Gasteiger partial charge in [0, 0.05) is 12.8 Å². The summed E-state index contributed by atoms with van der Waals surface area (Å²) in [5.74, 6) is -0.956. The molecule has 0 saturated carbocycles. The van der Waals surface area contributed by atoms with E-state index in [1.54, 1.807) is 0 Å². The number of hydrogen-bond acceptors (Lipinski definition) is 10. The van der Waals surface area contributed by atoms with Crippen LogP contribution in [0.2, 0.25) is 0 Å². The number of esters is 2. The lowest BCUT2D eigenvalue weighted by Gasteiger charge is -2.39. The zero-order valence-electron chi connectivity index (χ0n) is 37.1. The molecule has 0 radical (unpaired) electrons. The average molecular weight is 851 g/mol. The van der Waals surface area contributed by atoms with Crippen LogP contribution >= 0.6 is 0 Å². The van der Waals surface area contributed by atoms with Crippen molar-refractivity contribution < 1.29 is 49.0 Å². The van der Waals surface area contributed by atoms with Gasteiger partial charge in [0.1, 0.15) is 31.0 Å². The van der Waals surface area contributed by atoms with Crippen LogP contribution in [-0.4, -0.2) is 89.0 Å². The third kappa shape index (κ3) is 31.6. The van der Waals surface area contributed by atoms with Crippen LogP contribution in [0.15, 0.2) is 122 Å². The van der Waals surface area contributed by atoms with Crippen molar-refractivity contribution in [1.82, 2.24) is 0 Å². The molecule has 342 valence electrons. The van der Waals surface area contributed by atoms with Crippen molar-refractivity contribution in [1.29, 1.82) is 0 Å². The SMILES string of the molecule is CC/C=C/C/C=C/C/C=C/C/C=C/C/C=C/C/C=C/CCC(=O)OC[C@@H](CO[C@H]1O[C@@H](CO)[C@@H](O)C(O)C1O)OC(=O)CCCCC/C=C/C/C=C/C/C=C/C/C=C/CCC. The number of unbranched alkanes of at least 4 members (excludes halogenated alkanes) is 4. The monoisotopic (exact) mass is 851 g/mol. The quantitative estimate of drug-likeness (QED) is 0.0276. The minimum Gasteiger partial charge on any atom is -0.462 e. The van der Waals surface area contributed by atoms with Gasteiger partial charge >= 0.3 is 11.9 Å². The van der Waals surface area contributed by atoms with Crippen LogP contribution in [0, 0.1) is 0 Å². The van der Waals surface area contributed by atoms with Gasteiger partial charge in [0.05, 0.1) is 13.2 Å². The van der Waals surface area contributed by atoms with E-state index in [1.807, 2.05) is 12.2 Å². The van der Waals surface area contributed by atoms with Gasteiger partial charge in [-0.3, -0.25) is 9.59 Å². The predicted octanol–water partition coefficient (Wildman–Crippen LogP) is 9.88. The van der Waals surface area contributed by atoms with E-state index in [0.29, 0.717) is 12.8 Å². The molecule has 1 aliphatic heterocycles. The van der Waals surface area contributed by atoms with Crippen LogP contribution < -0.4 is 0 Å². The lowest BCUT2D eigenvalue weighted by Crippen LogP contribution is -2.59. The Hall–Kier alpha value is -3.90. The number of hydrogen-bond donors (Lipinski definition) is 4. The summed E-state index contributed by atoms with van der Waals surface area (Å²) in [5.41, 5.74) is 0. The number of ether oxygens (including phenoxy) is 4. The molecule has 1 rings (SSSR count). The number of carbonyl (C=O) groups excluding carboxylic acids is 2. The second-order valence-electron chi connectivity index (χ2n) is 14.8. The van der Waals surface area contributed by atoms with Gasteiger partial charge in [-0.15, -0.1) is 0 Å². The molecule has 2 unspecified atom stereocenters. The molecule has 1 saturated heterocycles. The average Bonchev–Trinajstić information content (AvgIpc) is 3.26. The van der Waals surface area contributed by atoms with Gasteiger partial charge in [0.2, 0.25) is 0 Å². The van der Waals surface area contributed by atoms with Crippen molar-refractivity contribution in [3.63, 3.8) is 0 Å². The van der Waals surface area contributed by atoms with Crippen molar-refractivity contribution in [2.45, 2.75) is 166 Å². The standard InChI is InChI=1S/C51H78O10/c1-3-5-7-9-11-13-15-17-19-21-22-24-25-27-29-31-33-35-37-39-46(53)58-42-44(43-59-51-50(57)49(56)48(55)45(41-52)61-51)60-47(54)40-38-36-34-32-30-28-26-23-20-18-16-14-12-10-8-6-4-2/h5,7-8,10-11,13-14,16-17,19-20,22-24,27-30,33,35,44-45,48-52,55-57H,3-4,6,9,12,15,18,21,25-26,31-32,34,36-43H2,1-2H3/b7-5+,10-8+,13-11+,16-14+,19-17+,23-20+,24-22+,29-27+,30-28+,35-33+/t44-,45-,48+,49?,50?,51-/m0/s1. The molecule has 4 N–H and O–H groups in total. The summed E-state index contributed by atoms with van der Waals surface area (Å²) in [6, 6.07) is 0. The van der Waals surface area contributed by atoms with Gasteiger partial charge in [-0.2, -0.15) is 0 Å². The molecule has 1 fully saturated rings. The molecule has 0 aromatic heterocycles. The first-order valence-electron chi connectivity index (χ1n) is 22.6. The third-order valence-electron chi connectivity index (χ3n) is 9.33. The van der Waals surface area contributed by atoms with E-state index in [9.17, 15) is 30.0 Å². The molecule has 1 heterocycles. The second kappa shape index (κ2) is 40.2. The molecule has 0 amide bonds. The fourth-order valence-electron chi connectivity index (χ4n) is 5.79. The van der Waals surface area contributed by atoms with Gasteiger partial charge < -0.3 is 39.4 Å². The van der Waals surface area contributed by atoms with Crippen molar-refractivity contribution in [3.05, 3.63) is 122 Å². The Bertz CT molecular complexity index is 1400. The Morgan fingerprint density at radius 3 is 1.49 bits per heavy atom. The lowest BCUT2D eigenvalue weighted by atomic mass is 9.99. The maximum Gasteiger partial charge on any atom is 0.306 e. The molecule has 6 atom stereocenters. The molecule has 61 heavy (non-hydrogen) atoms. The van der Waals surface area contributed by atoms with Gasteiger partial charge in [0.25, 0.3) is 0 Å². The van der Waals surface area contributed by atoms with Crippen LogP contribution in [0.4, 0.5) is 0 Å². The summed E-state index contributed by atoms with van der Waals surface area (Å²) >= 11 is 0. The Balaban J connectivity index is 2.43. The molecule has 0 bridgehead atoms. The molecule has 10 nitrogen and oxygen atoms in total. The zero-order valence-corrected chi connectivity index (χ0v) is 37.1. The van der Waals surface area contributed by atoms with Gasteiger partial charge in [-0.1, -0.05) is 148 Å². The van der Waals surface area contributed by atoms with E-state index in [-0.39, 0.29) is 26.1 Å². The Labute approximate surface area is 367 Å². The van der Waals surface area contributed by atoms with Crippen molar-refractivity contribution in [2.24, 2.45) is 0 Å². The number of carbonyl (C=O) groups is 2. The summed E-state index contributed by atoms with van der Waals surface area (Å²) in [7, 11) is 0. The highest BCUT2D eigenvalue weighted by atomic mass is 16.7. The normalized spacial score (nSPS) is 20.9. The summed E-state index contributed by atoms with van der Waals surface area (Å²) < 4.78 is 22.0. The van der Waals surface area contributed by atoms with Crippen LogP contribution in [-0.2, 0) is 28.5 Å². The summed E-state index contributed by atoms with van der Waals surface area (Å²) in [4.78, 5) is 25.3. The van der Waals surface area contributed by atoms with E-state index in [1.165, 1.54) is 6.42 Å². The fourth-order valence-corrected chi connectivity index (χ4v) is 5.79. The molecule has 0 spiro atoms. The van der Waals surface area contributed by atoms with Gasteiger partial charge in [0.15, 0.2) is 12.4 Å². The maximum atomic E-state index is 12.8. The molecular weight excluding hydrogens is 773 g/mol. The molecule has 1 aliphatic rings. The summed E-state index contributed by atoms with van der Waals surface area (Å²) in [5, 5.41) is 40.1. The van der Waals surface area contributed by atoms with Gasteiger partial charge in [-0.25, -0.2) is 0 Å². The minimum absolute atomic E-state index is 0.135. The number of allylic oxidation sites excluding steroid dienone is 20. The van der Waals surface area contributed by atoms with E-state index < -0.39 is 55.4 Å². The Morgan fingerprint density at radius 1 is 0.525 bits per heavy atom. The Kier molecular flexibility index (Phi) is 36.3. The van der Waals surface area contributed by atoms with E-state index in [4.69, 9.17) is 18.9 Å². The van der Waals surface area contributed by atoms with Crippen molar-refractivity contribution >= 4 is 11.9 Å². The van der Waals surface area contributed by atoms with E-state index in [0.717, 1.165) is 83.5 Å². The fraction of sp³-hybridized carbons (Fsp3) is 0.569. The maximum absolute atomic E-state index is 12.8. The van der Waals surface area contributed by atoms with Gasteiger partial charge in [-0.05, 0) is 89.9 Å². The number of aliphatic hydroxyl groups excluding tert-OH is 4. The highest BCUT2D eigenvalue weighted by Gasteiger charge is 2.44. The van der Waals surface area contributed by atoms with Crippen LogP contribution in [0.25, 0.3) is 0 Å². The minimum atomic E-state index is -1.62. The number of rotatable bonds is 35. The Morgan fingerprint density at radius 2 is 1.00 bits per heavy atom. The van der Waals surface area contributed by atoms with Crippen molar-refractivity contribution in [2.75, 3.05) is 19.8 Å². The first-order chi connectivity index (χ1) is 29.8. The van der Waals surface area contributed by atoms with E-state index in [2.05, 4.69) is 123 Å². The molecule has 0 aromatic rings. The van der Waals surface area contributed by atoms with Crippen LogP contribution in [0.5, 0.6) is 0 Å². The third-order valence-corrected chi connectivity index (χ3v) is 9.33. The highest BCUT2D eigenvalue weighted by molar-refractivity contribution is 5.70. The zero-order chi connectivity index (χ0) is 44.4. The second-order valence-corrected chi connectivity index (χ2v) is 14.8. The van der Waals surface area contributed by atoms with Crippen LogP contribution in [0.3, 0.4) is 0 Å². The smallest absolute Gasteiger partial charge is 0.306 e. The molecule has 10 heteroatoms.